The van der Waals surface area contributed by atoms with Crippen molar-refractivity contribution in [1.82, 2.24) is 10.2 Å². The molecule has 2 saturated carbocycles. The average Bonchev–Trinajstić information content (AvgIpc) is 3.35. The molecule has 2 aromatic rings. The van der Waals surface area contributed by atoms with Gasteiger partial charge in [0.25, 0.3) is 5.91 Å². The van der Waals surface area contributed by atoms with E-state index in [2.05, 4.69) is 17.2 Å². The van der Waals surface area contributed by atoms with Gasteiger partial charge in [0.05, 0.1) is 22.1 Å². The van der Waals surface area contributed by atoms with E-state index in [0.717, 1.165) is 79.7 Å². The Morgan fingerprint density at radius 2 is 1.80 bits per heavy atom. The second-order valence-corrected chi connectivity index (χ2v) is 10.2. The molecule has 0 unspecified atom stereocenters. The lowest BCUT2D eigenvalue weighted by molar-refractivity contribution is 0.0648. The van der Waals surface area contributed by atoms with Crippen LogP contribution in [0.4, 0.5) is 5.69 Å². The van der Waals surface area contributed by atoms with Crippen LogP contribution in [0.1, 0.15) is 73.9 Å². The molecule has 1 saturated heterocycles. The van der Waals surface area contributed by atoms with Crippen molar-refractivity contribution in [2.75, 3.05) is 18.4 Å². The highest BCUT2D eigenvalue weighted by Crippen LogP contribution is 2.54. The van der Waals surface area contributed by atoms with Crippen molar-refractivity contribution in [2.24, 2.45) is 5.41 Å². The first-order valence-electron chi connectivity index (χ1n) is 11.3. The van der Waals surface area contributed by atoms with Crippen LogP contribution < -0.4 is 10.6 Å². The highest BCUT2D eigenvalue weighted by atomic mass is 35.5. The van der Waals surface area contributed by atoms with Gasteiger partial charge in [0.2, 0.25) is 0 Å². The molecule has 6 heteroatoms. The summed E-state index contributed by atoms with van der Waals surface area (Å²) in [4.78, 5) is 15.2. The number of nitrogens with zero attached hydrogens (tertiary/aromatic N) is 1. The largest absolute Gasteiger partial charge is 0.450 e. The molecule has 5 nitrogen and oxygen atoms in total. The molecule has 2 spiro atoms. The molecule has 2 aliphatic carbocycles. The van der Waals surface area contributed by atoms with Crippen molar-refractivity contribution in [1.29, 1.82) is 0 Å². The molecule has 2 aliphatic heterocycles. The number of amides is 1. The Kier molecular flexibility index (Phi) is 3.99. The molecule has 3 fully saturated rings. The molecule has 1 aromatic carbocycles. The molecule has 1 amide bonds. The van der Waals surface area contributed by atoms with E-state index in [9.17, 15) is 4.79 Å². The Morgan fingerprint density at radius 1 is 1.07 bits per heavy atom. The van der Waals surface area contributed by atoms with Crippen LogP contribution in [0.3, 0.4) is 0 Å². The van der Waals surface area contributed by atoms with Crippen LogP contribution in [-0.4, -0.2) is 23.9 Å². The van der Waals surface area contributed by atoms with Gasteiger partial charge in [-0.1, -0.05) is 37.4 Å². The summed E-state index contributed by atoms with van der Waals surface area (Å²) in [5.74, 6) is 1.21. The summed E-state index contributed by atoms with van der Waals surface area (Å²) >= 11 is 6.70. The van der Waals surface area contributed by atoms with Crippen molar-refractivity contribution in [3.63, 3.8) is 0 Å². The molecule has 3 heterocycles. The van der Waals surface area contributed by atoms with Gasteiger partial charge in [0.15, 0.2) is 5.76 Å². The summed E-state index contributed by atoms with van der Waals surface area (Å²) in [5, 5.41) is 8.48. The highest BCUT2D eigenvalue weighted by Gasteiger charge is 2.46. The van der Waals surface area contributed by atoms with Crippen molar-refractivity contribution in [3.8, 4) is 0 Å². The smallest absolute Gasteiger partial charge is 0.289 e. The molecule has 1 aromatic heterocycles. The van der Waals surface area contributed by atoms with Crippen LogP contribution in [-0.2, 0) is 5.54 Å². The van der Waals surface area contributed by atoms with Crippen LogP contribution in [0.25, 0.3) is 11.0 Å². The first-order valence-corrected chi connectivity index (χ1v) is 11.7. The number of rotatable bonds is 1. The third kappa shape index (κ3) is 2.78. The summed E-state index contributed by atoms with van der Waals surface area (Å²) in [7, 11) is 0. The fraction of sp³-hybridized carbons (Fsp3) is 0.542. The number of hydrogen-bond donors (Lipinski definition) is 2. The normalized spacial score (nSPS) is 23.9. The van der Waals surface area contributed by atoms with E-state index >= 15 is 0 Å². The minimum absolute atomic E-state index is 0.00500. The van der Waals surface area contributed by atoms with E-state index < -0.39 is 0 Å². The number of carbonyl (C=O) groups is 1. The minimum atomic E-state index is -0.235. The molecule has 6 rings (SSSR count). The highest BCUT2D eigenvalue weighted by molar-refractivity contribution is 6.34. The number of halogens is 1. The van der Waals surface area contributed by atoms with Gasteiger partial charge < -0.3 is 20.0 Å². The zero-order chi connectivity index (χ0) is 20.5. The summed E-state index contributed by atoms with van der Waals surface area (Å²) < 4.78 is 6.31. The number of anilines is 1. The molecule has 4 aliphatic rings. The predicted octanol–water partition coefficient (Wildman–Crippen LogP) is 5.75. The zero-order valence-electron chi connectivity index (χ0n) is 17.3. The van der Waals surface area contributed by atoms with Gasteiger partial charge in [0, 0.05) is 24.0 Å². The van der Waals surface area contributed by atoms with Gasteiger partial charge in [0.1, 0.15) is 5.58 Å². The number of benzene rings is 1. The number of carbonyl (C=O) groups excluding carboxylic acids is 1. The van der Waals surface area contributed by atoms with Gasteiger partial charge in [-0.15, -0.1) is 0 Å². The first kappa shape index (κ1) is 18.6. The van der Waals surface area contributed by atoms with Crippen LogP contribution in [0, 0.1) is 5.41 Å². The number of likely N-dealkylation sites (tertiary alicyclic amines) is 1. The van der Waals surface area contributed by atoms with Crippen molar-refractivity contribution in [3.05, 3.63) is 40.9 Å². The molecule has 0 radical (unpaired) electrons. The average molecular weight is 426 g/mol. The summed E-state index contributed by atoms with van der Waals surface area (Å²) in [6.07, 6.45) is 10.5. The Morgan fingerprint density at radius 3 is 2.50 bits per heavy atom. The lowest BCUT2D eigenvalue weighted by Gasteiger charge is -2.44. The quantitative estimate of drug-likeness (QED) is 0.610. The Labute approximate surface area is 181 Å². The van der Waals surface area contributed by atoms with Crippen LogP contribution in [0.2, 0.25) is 5.02 Å². The SMILES string of the molecule is C=C1Nc2c(Cl)cc3cc(C(=O)N4CCC5(CC4)CC5)oc3c2C2(CCCCC2)N1. The van der Waals surface area contributed by atoms with E-state index in [-0.39, 0.29) is 11.4 Å². The second-order valence-electron chi connectivity index (χ2n) is 9.80. The molecular weight excluding hydrogens is 398 g/mol. The Hall–Kier alpha value is -2.14. The number of furan rings is 1. The van der Waals surface area contributed by atoms with Crippen molar-refractivity contribution < 1.29 is 9.21 Å². The number of piperidine rings is 1. The summed E-state index contributed by atoms with van der Waals surface area (Å²) in [5.41, 5.74) is 3.02. The van der Waals surface area contributed by atoms with Crippen LogP contribution in [0.5, 0.6) is 0 Å². The topological polar surface area (TPSA) is 57.5 Å². The summed E-state index contributed by atoms with van der Waals surface area (Å²) in [6, 6.07) is 3.79. The van der Waals surface area contributed by atoms with Gasteiger partial charge in [-0.05, 0) is 56.1 Å². The number of fused-ring (bicyclic) bond motifs is 4. The molecule has 30 heavy (non-hydrogen) atoms. The molecule has 0 bridgehead atoms. The lowest BCUT2D eigenvalue weighted by Crippen LogP contribution is -2.48. The van der Waals surface area contributed by atoms with E-state index in [1.54, 1.807) is 0 Å². The third-order valence-electron chi connectivity index (χ3n) is 7.89. The van der Waals surface area contributed by atoms with E-state index in [1.165, 1.54) is 19.3 Å². The standard InChI is InChI=1S/C24H28ClN3O2/c1-15-26-20-17(25)13-16-14-18(22(29)28-11-9-23(7-8-23)10-12-28)30-21(16)19(20)24(27-15)5-3-2-4-6-24/h13-14,26-27H,1-12H2. The minimum Gasteiger partial charge on any atom is -0.450 e. The van der Waals surface area contributed by atoms with E-state index in [4.69, 9.17) is 16.0 Å². The maximum atomic E-state index is 13.2. The van der Waals surface area contributed by atoms with Gasteiger partial charge in [-0.3, -0.25) is 4.79 Å². The Bertz CT molecular complexity index is 1050. The molecule has 2 N–H and O–H groups in total. The number of nitrogens with one attached hydrogen (secondary N) is 2. The predicted molar refractivity (Wildman–Crippen MR) is 119 cm³/mol. The fourth-order valence-electron chi connectivity index (χ4n) is 5.91. The van der Waals surface area contributed by atoms with Gasteiger partial charge in [-0.2, -0.15) is 0 Å². The number of hydrogen-bond acceptors (Lipinski definition) is 4. The first-order chi connectivity index (χ1) is 14.5. The monoisotopic (exact) mass is 425 g/mol. The maximum absolute atomic E-state index is 13.2. The molecule has 158 valence electrons. The van der Waals surface area contributed by atoms with Crippen molar-refractivity contribution in [2.45, 2.75) is 63.3 Å². The second kappa shape index (κ2) is 6.43. The summed E-state index contributed by atoms with van der Waals surface area (Å²) in [6.45, 7) is 5.79. The van der Waals surface area contributed by atoms with Gasteiger partial charge >= 0.3 is 0 Å². The lowest BCUT2D eigenvalue weighted by atomic mass is 9.74. The zero-order valence-corrected chi connectivity index (χ0v) is 18.0. The van der Waals surface area contributed by atoms with Crippen LogP contribution in [0.15, 0.2) is 28.9 Å². The fourth-order valence-corrected chi connectivity index (χ4v) is 6.17. The van der Waals surface area contributed by atoms with Crippen molar-refractivity contribution >= 4 is 34.2 Å². The third-order valence-corrected chi connectivity index (χ3v) is 8.19. The molecule has 0 atom stereocenters. The van der Waals surface area contributed by atoms with Gasteiger partial charge in [-0.25, -0.2) is 0 Å². The molecular formula is C24H28ClN3O2. The van der Waals surface area contributed by atoms with Crippen LogP contribution >= 0.6 is 11.6 Å². The maximum Gasteiger partial charge on any atom is 0.289 e. The van der Waals surface area contributed by atoms with E-state index in [1.807, 2.05) is 17.0 Å². The van der Waals surface area contributed by atoms with E-state index in [0.29, 0.717) is 16.2 Å². The Balaban J connectivity index is 1.42.